The van der Waals surface area contributed by atoms with Gasteiger partial charge in [0.25, 0.3) is 0 Å². The van der Waals surface area contributed by atoms with E-state index in [1.165, 1.54) is 12.1 Å². The van der Waals surface area contributed by atoms with Gasteiger partial charge in [-0.15, -0.1) is 0 Å². The lowest BCUT2D eigenvalue weighted by Crippen LogP contribution is -2.39. The molecule has 0 bridgehead atoms. The van der Waals surface area contributed by atoms with E-state index < -0.39 is 27.7 Å². The third-order valence-electron chi connectivity index (χ3n) is 2.87. The SMILES string of the molecule is CCNC(=NCCNS(C)(=O)=O)NC(C)c1ccc(F)cc1F. The summed E-state index contributed by atoms with van der Waals surface area (Å²) < 4.78 is 51.0. The van der Waals surface area contributed by atoms with E-state index in [9.17, 15) is 17.2 Å². The fourth-order valence-corrected chi connectivity index (χ4v) is 2.32. The largest absolute Gasteiger partial charge is 0.357 e. The molecule has 0 aliphatic heterocycles. The van der Waals surface area contributed by atoms with Crippen molar-refractivity contribution in [3.8, 4) is 0 Å². The highest BCUT2D eigenvalue weighted by atomic mass is 32.2. The van der Waals surface area contributed by atoms with Gasteiger partial charge in [-0.1, -0.05) is 6.07 Å². The van der Waals surface area contributed by atoms with Gasteiger partial charge in [-0.05, 0) is 19.9 Å². The highest BCUT2D eigenvalue weighted by molar-refractivity contribution is 7.88. The van der Waals surface area contributed by atoms with Gasteiger partial charge in [0.05, 0.1) is 18.8 Å². The van der Waals surface area contributed by atoms with E-state index >= 15 is 0 Å². The summed E-state index contributed by atoms with van der Waals surface area (Å²) in [7, 11) is -3.26. The first-order valence-electron chi connectivity index (χ1n) is 7.17. The van der Waals surface area contributed by atoms with Crippen molar-refractivity contribution in [2.45, 2.75) is 19.9 Å². The van der Waals surface area contributed by atoms with Crippen LogP contribution >= 0.6 is 0 Å². The molecule has 0 amide bonds. The molecular formula is C14H22F2N4O2S. The summed E-state index contributed by atoms with van der Waals surface area (Å²) >= 11 is 0. The molecule has 23 heavy (non-hydrogen) atoms. The quantitative estimate of drug-likeness (QED) is 0.392. The molecule has 1 rings (SSSR count). The average Bonchev–Trinajstić information content (AvgIpc) is 2.42. The molecule has 0 saturated heterocycles. The second-order valence-corrected chi connectivity index (χ2v) is 6.79. The van der Waals surface area contributed by atoms with Gasteiger partial charge in [-0.3, -0.25) is 4.99 Å². The van der Waals surface area contributed by atoms with E-state index in [-0.39, 0.29) is 13.1 Å². The second-order valence-electron chi connectivity index (χ2n) is 4.96. The summed E-state index contributed by atoms with van der Waals surface area (Å²) in [4.78, 5) is 4.20. The van der Waals surface area contributed by atoms with Crippen LogP contribution in [0.4, 0.5) is 8.78 Å². The minimum Gasteiger partial charge on any atom is -0.357 e. The Hall–Kier alpha value is -1.74. The highest BCUT2D eigenvalue weighted by Gasteiger charge is 2.13. The second kappa shape index (κ2) is 8.78. The van der Waals surface area contributed by atoms with Crippen LogP contribution in [0.5, 0.6) is 0 Å². The standard InChI is InChI=1S/C14H22F2N4O2S/c1-4-17-14(18-7-8-19-23(3,21)22)20-10(2)12-6-5-11(15)9-13(12)16/h5-6,9-10,19H,4,7-8H2,1-3H3,(H2,17,18,20). The van der Waals surface area contributed by atoms with Crippen LogP contribution in [0.15, 0.2) is 23.2 Å². The van der Waals surface area contributed by atoms with Crippen molar-refractivity contribution in [1.82, 2.24) is 15.4 Å². The van der Waals surface area contributed by atoms with Crippen LogP contribution in [0.1, 0.15) is 25.5 Å². The maximum absolute atomic E-state index is 13.8. The number of halogens is 2. The molecule has 0 radical (unpaired) electrons. The van der Waals surface area contributed by atoms with Gasteiger partial charge < -0.3 is 10.6 Å². The molecule has 0 spiro atoms. The van der Waals surface area contributed by atoms with Gasteiger partial charge in [-0.2, -0.15) is 0 Å². The minimum atomic E-state index is -3.26. The topological polar surface area (TPSA) is 82.6 Å². The molecule has 1 aromatic rings. The van der Waals surface area contributed by atoms with Crippen LogP contribution in [0.2, 0.25) is 0 Å². The Kier molecular flexibility index (Phi) is 7.37. The number of guanidine groups is 1. The van der Waals surface area contributed by atoms with Gasteiger partial charge in [0.1, 0.15) is 11.6 Å². The first-order valence-corrected chi connectivity index (χ1v) is 9.06. The van der Waals surface area contributed by atoms with E-state index in [0.717, 1.165) is 12.3 Å². The lowest BCUT2D eigenvalue weighted by Gasteiger charge is -2.18. The van der Waals surface area contributed by atoms with Crippen LogP contribution < -0.4 is 15.4 Å². The fourth-order valence-electron chi connectivity index (χ4n) is 1.85. The van der Waals surface area contributed by atoms with Crippen molar-refractivity contribution in [2.24, 2.45) is 4.99 Å². The molecular weight excluding hydrogens is 326 g/mol. The summed E-state index contributed by atoms with van der Waals surface area (Å²) in [5.74, 6) is -0.857. The number of aliphatic imine (C=N–C) groups is 1. The number of hydrogen-bond acceptors (Lipinski definition) is 3. The number of sulfonamides is 1. The van der Waals surface area contributed by atoms with Crippen molar-refractivity contribution in [3.05, 3.63) is 35.4 Å². The Bertz CT molecular complexity index is 650. The molecule has 0 aromatic heterocycles. The Morgan fingerprint density at radius 1 is 1.35 bits per heavy atom. The monoisotopic (exact) mass is 348 g/mol. The Labute approximate surface area is 135 Å². The first kappa shape index (κ1) is 19.3. The van der Waals surface area contributed by atoms with E-state index in [4.69, 9.17) is 0 Å². The summed E-state index contributed by atoms with van der Waals surface area (Å²) in [6.45, 7) is 4.56. The first-order chi connectivity index (χ1) is 10.7. The molecule has 6 nitrogen and oxygen atoms in total. The van der Waals surface area contributed by atoms with Crippen molar-refractivity contribution >= 4 is 16.0 Å². The normalized spacial score (nSPS) is 13.7. The van der Waals surface area contributed by atoms with Crippen LogP contribution in [0.3, 0.4) is 0 Å². The zero-order valence-electron chi connectivity index (χ0n) is 13.4. The molecule has 0 heterocycles. The van der Waals surface area contributed by atoms with E-state index in [2.05, 4.69) is 20.3 Å². The van der Waals surface area contributed by atoms with Crippen LogP contribution in [-0.4, -0.2) is 40.3 Å². The van der Waals surface area contributed by atoms with Crippen LogP contribution in [-0.2, 0) is 10.0 Å². The predicted molar refractivity (Wildman–Crippen MR) is 86.7 cm³/mol. The minimum absolute atomic E-state index is 0.161. The predicted octanol–water partition coefficient (Wildman–Crippen LogP) is 1.13. The van der Waals surface area contributed by atoms with Crippen molar-refractivity contribution in [2.75, 3.05) is 25.9 Å². The van der Waals surface area contributed by atoms with E-state index in [0.29, 0.717) is 18.1 Å². The number of hydrogen-bond donors (Lipinski definition) is 3. The van der Waals surface area contributed by atoms with Crippen molar-refractivity contribution in [3.63, 3.8) is 0 Å². The average molecular weight is 348 g/mol. The molecule has 0 fully saturated rings. The molecule has 3 N–H and O–H groups in total. The van der Waals surface area contributed by atoms with Crippen LogP contribution in [0.25, 0.3) is 0 Å². The molecule has 1 atom stereocenters. The molecule has 1 aromatic carbocycles. The molecule has 130 valence electrons. The summed E-state index contributed by atoms with van der Waals surface area (Å²) in [5.41, 5.74) is 0.311. The van der Waals surface area contributed by atoms with Crippen LogP contribution in [0, 0.1) is 11.6 Å². The summed E-state index contributed by atoms with van der Waals surface area (Å²) in [5, 5.41) is 5.97. The Balaban J connectivity index is 2.70. The Morgan fingerprint density at radius 3 is 2.61 bits per heavy atom. The van der Waals surface area contributed by atoms with Gasteiger partial charge in [0.15, 0.2) is 5.96 Å². The van der Waals surface area contributed by atoms with Gasteiger partial charge in [0, 0.05) is 24.7 Å². The van der Waals surface area contributed by atoms with Gasteiger partial charge in [0.2, 0.25) is 10.0 Å². The number of rotatable bonds is 7. The van der Waals surface area contributed by atoms with Gasteiger partial charge >= 0.3 is 0 Å². The number of nitrogens with zero attached hydrogens (tertiary/aromatic N) is 1. The molecule has 1 unspecified atom stereocenters. The lowest BCUT2D eigenvalue weighted by molar-refractivity contribution is 0.550. The maximum atomic E-state index is 13.8. The number of nitrogens with one attached hydrogen (secondary N) is 3. The molecule has 9 heteroatoms. The van der Waals surface area contributed by atoms with E-state index in [1.54, 1.807) is 6.92 Å². The third-order valence-corrected chi connectivity index (χ3v) is 3.60. The lowest BCUT2D eigenvalue weighted by atomic mass is 10.1. The van der Waals surface area contributed by atoms with Crippen molar-refractivity contribution in [1.29, 1.82) is 0 Å². The number of benzene rings is 1. The zero-order chi connectivity index (χ0) is 17.5. The smallest absolute Gasteiger partial charge is 0.208 e. The fraction of sp³-hybridized carbons (Fsp3) is 0.500. The molecule has 0 saturated carbocycles. The summed E-state index contributed by atoms with van der Waals surface area (Å²) in [6, 6.07) is 2.96. The Morgan fingerprint density at radius 2 is 2.04 bits per heavy atom. The van der Waals surface area contributed by atoms with E-state index in [1.807, 2.05) is 6.92 Å². The zero-order valence-corrected chi connectivity index (χ0v) is 14.2. The third kappa shape index (κ3) is 7.38. The molecule has 0 aliphatic carbocycles. The highest BCUT2D eigenvalue weighted by Crippen LogP contribution is 2.17. The molecule has 0 aliphatic rings. The summed E-state index contributed by atoms with van der Waals surface area (Å²) in [6.07, 6.45) is 1.07. The maximum Gasteiger partial charge on any atom is 0.208 e. The van der Waals surface area contributed by atoms with Crippen molar-refractivity contribution < 1.29 is 17.2 Å². The van der Waals surface area contributed by atoms with Gasteiger partial charge in [-0.25, -0.2) is 21.9 Å².